The van der Waals surface area contributed by atoms with Gasteiger partial charge < -0.3 is 10.2 Å². The van der Waals surface area contributed by atoms with Crippen LogP contribution in [0.1, 0.15) is 61.6 Å². The number of carbonyl (C=O) groups excluding carboxylic acids is 1. The smallest absolute Gasteiger partial charge is 0.322 e. The van der Waals surface area contributed by atoms with Crippen molar-refractivity contribution in [3.8, 4) is 6.07 Å². The maximum atomic E-state index is 13.8. The number of anilines is 1. The summed E-state index contributed by atoms with van der Waals surface area (Å²) in [5.41, 5.74) is 0.136. The van der Waals surface area contributed by atoms with E-state index in [4.69, 9.17) is 0 Å². The van der Waals surface area contributed by atoms with Gasteiger partial charge in [0.05, 0.1) is 23.5 Å². The number of halogens is 4. The first-order chi connectivity index (χ1) is 19.8. The molecule has 1 aliphatic heterocycles. The molecule has 2 saturated carbocycles. The molecule has 12 heteroatoms. The van der Waals surface area contributed by atoms with Gasteiger partial charge in [-0.1, -0.05) is 12.1 Å². The van der Waals surface area contributed by atoms with Crippen molar-refractivity contribution in [2.24, 2.45) is 11.8 Å². The number of piperidine rings is 1. The van der Waals surface area contributed by atoms with Gasteiger partial charge in [-0.25, -0.2) is 21.9 Å². The third-order valence-electron chi connectivity index (χ3n) is 9.32. The number of hydrogen-bond donors (Lipinski definition) is 1. The summed E-state index contributed by atoms with van der Waals surface area (Å²) in [4.78, 5) is 15.3. The Hall–Kier alpha value is -3.17. The van der Waals surface area contributed by atoms with Crippen LogP contribution in [0.2, 0.25) is 0 Å². The van der Waals surface area contributed by atoms with Gasteiger partial charge in [0.1, 0.15) is 5.82 Å². The first kappa shape index (κ1) is 30.3. The topological polar surface area (TPSA) is 93.5 Å². The van der Waals surface area contributed by atoms with Crippen molar-refractivity contribution in [2.75, 3.05) is 31.2 Å². The van der Waals surface area contributed by atoms with Gasteiger partial charge in [0.25, 0.3) is 0 Å². The molecule has 2 aromatic rings. The van der Waals surface area contributed by atoms with Gasteiger partial charge >= 0.3 is 12.2 Å². The molecule has 1 N–H and O–H groups in total. The molecule has 5 rings (SSSR count). The molecule has 2 unspecified atom stereocenters. The number of carbonyl (C=O) groups is 1. The second kappa shape index (κ2) is 11.5. The van der Waals surface area contributed by atoms with Crippen LogP contribution in [0.3, 0.4) is 0 Å². The highest BCUT2D eigenvalue weighted by Gasteiger charge is 2.58. The molecule has 0 aromatic heterocycles. The summed E-state index contributed by atoms with van der Waals surface area (Å²) in [6, 6.07) is 11.6. The molecule has 3 aliphatic rings. The van der Waals surface area contributed by atoms with Crippen molar-refractivity contribution >= 4 is 21.7 Å². The molecule has 3 fully saturated rings. The van der Waals surface area contributed by atoms with Crippen LogP contribution in [0.4, 0.5) is 28.0 Å². The summed E-state index contributed by atoms with van der Waals surface area (Å²) < 4.78 is 79.0. The van der Waals surface area contributed by atoms with Crippen LogP contribution in [-0.4, -0.2) is 55.6 Å². The number of urea groups is 1. The summed E-state index contributed by atoms with van der Waals surface area (Å²) in [7, 11) is -3.26. The summed E-state index contributed by atoms with van der Waals surface area (Å²) in [5.74, 6) is -0.880. The maximum Gasteiger partial charge on any atom is 0.419 e. The Morgan fingerprint density at radius 2 is 1.90 bits per heavy atom. The largest absolute Gasteiger partial charge is 0.419 e. The van der Waals surface area contributed by atoms with E-state index in [0.717, 1.165) is 30.9 Å². The highest BCUT2D eigenvalue weighted by molar-refractivity contribution is 7.88. The number of alkyl halides is 3. The van der Waals surface area contributed by atoms with E-state index in [1.165, 1.54) is 10.6 Å². The Balaban J connectivity index is 1.30. The molecule has 0 radical (unpaired) electrons. The quantitative estimate of drug-likeness (QED) is 0.384. The minimum Gasteiger partial charge on any atom is -0.322 e. The fourth-order valence-corrected chi connectivity index (χ4v) is 7.74. The highest BCUT2D eigenvalue weighted by Crippen LogP contribution is 2.63. The molecule has 2 aliphatic carbocycles. The van der Waals surface area contributed by atoms with Crippen LogP contribution in [0, 0.1) is 29.0 Å². The van der Waals surface area contributed by atoms with Crippen LogP contribution >= 0.6 is 0 Å². The van der Waals surface area contributed by atoms with E-state index in [1.54, 1.807) is 11.0 Å². The summed E-state index contributed by atoms with van der Waals surface area (Å²) >= 11 is 0. The van der Waals surface area contributed by atoms with Crippen molar-refractivity contribution in [1.29, 1.82) is 5.26 Å². The zero-order valence-corrected chi connectivity index (χ0v) is 24.1. The molecule has 226 valence electrons. The monoisotopic (exact) mass is 606 g/mol. The second-order valence-electron chi connectivity index (χ2n) is 11.9. The van der Waals surface area contributed by atoms with Crippen LogP contribution in [0.25, 0.3) is 0 Å². The number of sulfonamides is 1. The number of amides is 2. The molecular formula is C30H34F4N4O3S. The van der Waals surface area contributed by atoms with Crippen LogP contribution < -0.4 is 5.32 Å². The Morgan fingerprint density at radius 1 is 1.17 bits per heavy atom. The van der Waals surface area contributed by atoms with Crippen molar-refractivity contribution in [3.63, 3.8) is 0 Å². The Labute approximate surface area is 243 Å². The van der Waals surface area contributed by atoms with Gasteiger partial charge in [-0.05, 0) is 98.1 Å². The molecule has 0 spiro atoms. The standard InChI is InChI=1S/C30H34F4N4O3S/c1-42(40,41)37-12-8-20(9-13-37)10-14-38(28(39)36-24-5-6-27(31)26(17-24)30(32,33)34)25-7-11-29(18-23(29)16-25)22-4-2-3-21(15-22)19-35/h2-6,15,17,20,23,25H,7-14,16,18H2,1H3,(H,36,39)/t23?,25?,29-/m1/s1. The molecule has 1 saturated heterocycles. The van der Waals surface area contributed by atoms with Gasteiger partial charge in [0, 0.05) is 31.4 Å². The van der Waals surface area contributed by atoms with E-state index in [2.05, 4.69) is 11.4 Å². The average Bonchev–Trinajstić information content (AvgIpc) is 3.69. The number of nitrogens with one attached hydrogen (secondary N) is 1. The average molecular weight is 607 g/mol. The lowest BCUT2D eigenvalue weighted by molar-refractivity contribution is -0.139. The van der Waals surface area contributed by atoms with E-state index in [-0.39, 0.29) is 23.1 Å². The Bertz CT molecular complexity index is 1480. The molecule has 7 nitrogen and oxygen atoms in total. The molecule has 2 aromatic carbocycles. The van der Waals surface area contributed by atoms with Gasteiger partial charge in [0.2, 0.25) is 10.0 Å². The van der Waals surface area contributed by atoms with Crippen molar-refractivity contribution in [1.82, 2.24) is 9.21 Å². The van der Waals surface area contributed by atoms with Crippen molar-refractivity contribution in [2.45, 2.75) is 62.6 Å². The van der Waals surface area contributed by atoms with Gasteiger partial charge in [-0.2, -0.15) is 18.4 Å². The number of rotatable bonds is 7. The zero-order valence-electron chi connectivity index (χ0n) is 23.3. The summed E-state index contributed by atoms with van der Waals surface area (Å²) in [5, 5.41) is 11.9. The molecule has 2 amide bonds. The number of nitrogens with zero attached hydrogens (tertiary/aromatic N) is 3. The zero-order chi connectivity index (χ0) is 30.3. The lowest BCUT2D eigenvalue weighted by atomic mass is 9.80. The molecule has 3 atom stereocenters. The first-order valence-electron chi connectivity index (χ1n) is 14.2. The summed E-state index contributed by atoms with van der Waals surface area (Å²) in [6.45, 7) is 1.21. The Kier molecular flexibility index (Phi) is 8.29. The molecule has 42 heavy (non-hydrogen) atoms. The lowest BCUT2D eigenvalue weighted by Crippen LogP contribution is -2.46. The van der Waals surface area contributed by atoms with Gasteiger partial charge in [-0.3, -0.25) is 0 Å². The third-order valence-corrected chi connectivity index (χ3v) is 10.6. The number of fused-ring (bicyclic) bond motifs is 1. The molecule has 0 bridgehead atoms. The maximum absolute atomic E-state index is 13.8. The van der Waals surface area contributed by atoms with Gasteiger partial charge in [-0.15, -0.1) is 0 Å². The van der Waals surface area contributed by atoms with Crippen LogP contribution in [-0.2, 0) is 21.6 Å². The summed E-state index contributed by atoms with van der Waals surface area (Å²) in [6.07, 6.45) is 1.47. The normalized spacial score (nSPS) is 24.9. The van der Waals surface area contributed by atoms with Crippen molar-refractivity contribution in [3.05, 3.63) is 65.0 Å². The van der Waals surface area contributed by atoms with E-state index >= 15 is 0 Å². The Morgan fingerprint density at radius 3 is 2.55 bits per heavy atom. The predicted molar refractivity (Wildman–Crippen MR) is 149 cm³/mol. The fourth-order valence-electron chi connectivity index (χ4n) is 6.86. The highest BCUT2D eigenvalue weighted by atomic mass is 32.2. The minimum atomic E-state index is -4.90. The number of hydrogen-bond acceptors (Lipinski definition) is 4. The van der Waals surface area contributed by atoms with E-state index in [9.17, 15) is 36.0 Å². The van der Waals surface area contributed by atoms with Gasteiger partial charge in [0.15, 0.2) is 0 Å². The van der Waals surface area contributed by atoms with Crippen LogP contribution in [0.5, 0.6) is 0 Å². The van der Waals surface area contributed by atoms with Crippen molar-refractivity contribution < 1.29 is 30.8 Å². The van der Waals surface area contributed by atoms with E-state index in [0.29, 0.717) is 68.9 Å². The molecule has 1 heterocycles. The lowest BCUT2D eigenvalue weighted by Gasteiger charge is -2.38. The third kappa shape index (κ3) is 6.42. The SMILES string of the molecule is CS(=O)(=O)N1CCC(CCN(C(=O)Nc2ccc(F)c(C(F)(F)F)c2)C2CC[C@]3(c4cccc(C#N)c4)CC3C2)CC1. The number of nitriles is 1. The predicted octanol–water partition coefficient (Wildman–Crippen LogP) is 6.12. The number of benzene rings is 2. The second-order valence-corrected chi connectivity index (χ2v) is 13.9. The first-order valence-corrected chi connectivity index (χ1v) is 16.0. The molecular weight excluding hydrogens is 572 g/mol. The van der Waals surface area contributed by atoms with Crippen LogP contribution in [0.15, 0.2) is 42.5 Å². The van der Waals surface area contributed by atoms with E-state index < -0.39 is 33.6 Å². The van der Waals surface area contributed by atoms with E-state index in [1.807, 2.05) is 18.2 Å². The minimum absolute atomic E-state index is 0.0253. The fraction of sp³-hybridized carbons (Fsp3) is 0.533.